The lowest BCUT2D eigenvalue weighted by atomic mass is 10.3. The first-order valence-electron chi connectivity index (χ1n) is 7.51. The van der Waals surface area contributed by atoms with Crippen LogP contribution in [-0.4, -0.2) is 39.5 Å². The van der Waals surface area contributed by atoms with Gasteiger partial charge in [-0.15, -0.1) is 5.10 Å². The number of nitrogens with zero attached hydrogens (tertiary/aromatic N) is 4. The molecular formula is C14H13ClF3IN4O3. The Morgan fingerprint density at radius 1 is 1.35 bits per heavy atom. The van der Waals surface area contributed by atoms with E-state index in [1.165, 1.54) is 0 Å². The number of rotatable bonds is 6. The van der Waals surface area contributed by atoms with Gasteiger partial charge in [0.2, 0.25) is 5.88 Å². The first kappa shape index (κ1) is 19.6. The van der Waals surface area contributed by atoms with E-state index < -0.39 is 11.7 Å². The number of pyridine rings is 1. The van der Waals surface area contributed by atoms with Gasteiger partial charge in [-0.05, 0) is 28.7 Å². The van der Waals surface area contributed by atoms with Gasteiger partial charge in [0.25, 0.3) is 0 Å². The molecule has 0 radical (unpaired) electrons. The molecule has 1 aliphatic rings. The molecule has 142 valence electrons. The Morgan fingerprint density at radius 2 is 2.08 bits per heavy atom. The molecule has 26 heavy (non-hydrogen) atoms. The zero-order valence-corrected chi connectivity index (χ0v) is 16.1. The average molecular weight is 505 g/mol. The molecular weight excluding hydrogens is 492 g/mol. The van der Waals surface area contributed by atoms with Crippen LogP contribution in [0.1, 0.15) is 17.7 Å². The molecule has 3 rings (SSSR count). The monoisotopic (exact) mass is 504 g/mol. The molecule has 0 saturated carbocycles. The number of ether oxygens (including phenoxy) is 3. The predicted octanol–water partition coefficient (Wildman–Crippen LogP) is 3.29. The Kier molecular flexibility index (Phi) is 6.20. The van der Waals surface area contributed by atoms with Crippen molar-refractivity contribution in [2.24, 2.45) is 0 Å². The smallest absolute Gasteiger partial charge is 0.417 e. The van der Waals surface area contributed by atoms with Crippen LogP contribution in [0, 0.1) is 3.70 Å². The minimum atomic E-state index is -4.51. The van der Waals surface area contributed by atoms with Gasteiger partial charge in [-0.3, -0.25) is 0 Å². The second-order valence-electron chi connectivity index (χ2n) is 5.31. The standard InChI is InChI=1S/C14H13ClF3IN4O3/c15-9-5-8(14(16,17)18)6-20-13(9)26-7-10-12(19)23(22-21-10)2-1-11-24-3-4-25-11/h5-6,11H,1-4,7H2. The molecule has 12 heteroatoms. The topological polar surface area (TPSA) is 71.3 Å². The van der Waals surface area contributed by atoms with Crippen LogP contribution in [0.15, 0.2) is 12.3 Å². The highest BCUT2D eigenvalue weighted by molar-refractivity contribution is 14.1. The number of hydrogen-bond acceptors (Lipinski definition) is 6. The van der Waals surface area contributed by atoms with Gasteiger partial charge >= 0.3 is 6.18 Å². The maximum Gasteiger partial charge on any atom is 0.417 e. The first-order chi connectivity index (χ1) is 12.3. The molecule has 3 heterocycles. The van der Waals surface area contributed by atoms with Crippen molar-refractivity contribution in [3.63, 3.8) is 0 Å². The van der Waals surface area contributed by atoms with E-state index in [1.54, 1.807) is 4.68 Å². The van der Waals surface area contributed by atoms with Crippen molar-refractivity contribution in [1.29, 1.82) is 0 Å². The minimum absolute atomic E-state index is 0.0210. The highest BCUT2D eigenvalue weighted by atomic mass is 127. The van der Waals surface area contributed by atoms with Crippen LogP contribution in [-0.2, 0) is 28.8 Å². The first-order valence-corrected chi connectivity index (χ1v) is 8.97. The van der Waals surface area contributed by atoms with Crippen LogP contribution >= 0.6 is 34.2 Å². The Hall–Kier alpha value is -1.18. The summed E-state index contributed by atoms with van der Waals surface area (Å²) in [6.45, 7) is 1.69. The van der Waals surface area contributed by atoms with Gasteiger partial charge in [-0.2, -0.15) is 13.2 Å². The Bertz CT molecular complexity index is 768. The summed E-state index contributed by atoms with van der Waals surface area (Å²) >= 11 is 7.87. The van der Waals surface area contributed by atoms with Crippen LogP contribution in [0.2, 0.25) is 5.02 Å². The quantitative estimate of drug-likeness (QED) is 0.563. The van der Waals surface area contributed by atoms with E-state index in [0.717, 1.165) is 9.77 Å². The summed E-state index contributed by atoms with van der Waals surface area (Å²) in [5.41, 5.74) is -0.414. The van der Waals surface area contributed by atoms with Crippen LogP contribution < -0.4 is 4.74 Å². The summed E-state index contributed by atoms with van der Waals surface area (Å²) in [7, 11) is 0. The van der Waals surface area contributed by atoms with Gasteiger partial charge in [-0.25, -0.2) is 9.67 Å². The molecule has 0 spiro atoms. The summed E-state index contributed by atoms with van der Waals surface area (Å²) < 4.78 is 56.3. The minimum Gasteiger partial charge on any atom is -0.470 e. The average Bonchev–Trinajstić information content (AvgIpc) is 3.21. The van der Waals surface area contributed by atoms with E-state index in [-0.39, 0.29) is 23.8 Å². The van der Waals surface area contributed by atoms with Crippen molar-refractivity contribution < 1.29 is 27.4 Å². The molecule has 0 aromatic carbocycles. The van der Waals surface area contributed by atoms with E-state index in [9.17, 15) is 13.2 Å². The highest BCUT2D eigenvalue weighted by Crippen LogP contribution is 2.33. The van der Waals surface area contributed by atoms with E-state index in [1.807, 2.05) is 0 Å². The largest absolute Gasteiger partial charge is 0.470 e. The third-order valence-electron chi connectivity index (χ3n) is 3.49. The summed E-state index contributed by atoms with van der Waals surface area (Å²) in [4.78, 5) is 3.62. The second-order valence-corrected chi connectivity index (χ2v) is 6.74. The number of halogens is 5. The SMILES string of the molecule is FC(F)(F)c1cnc(OCc2nnn(CCC3OCCO3)c2I)c(Cl)c1. The Balaban J connectivity index is 1.59. The number of aromatic nitrogens is 4. The van der Waals surface area contributed by atoms with Crippen LogP contribution in [0.4, 0.5) is 13.2 Å². The summed E-state index contributed by atoms with van der Waals surface area (Å²) in [5, 5.41) is 7.81. The van der Waals surface area contributed by atoms with Gasteiger partial charge in [-0.1, -0.05) is 16.8 Å². The molecule has 0 aliphatic carbocycles. The molecule has 0 amide bonds. The normalized spacial score (nSPS) is 15.6. The molecule has 0 atom stereocenters. The molecule has 7 nitrogen and oxygen atoms in total. The molecule has 1 fully saturated rings. The van der Waals surface area contributed by atoms with Crippen molar-refractivity contribution in [3.8, 4) is 5.88 Å². The third-order valence-corrected chi connectivity index (χ3v) is 4.94. The summed E-state index contributed by atoms with van der Waals surface area (Å²) in [5.74, 6) is -0.0993. The van der Waals surface area contributed by atoms with Crippen molar-refractivity contribution in [2.45, 2.75) is 32.0 Å². The number of hydrogen-bond donors (Lipinski definition) is 0. The third kappa shape index (κ3) is 4.75. The van der Waals surface area contributed by atoms with Gasteiger partial charge in [0.05, 0.1) is 18.8 Å². The van der Waals surface area contributed by atoms with Crippen molar-refractivity contribution in [2.75, 3.05) is 13.2 Å². The molecule has 2 aromatic heterocycles. The maximum atomic E-state index is 12.6. The number of aryl methyl sites for hydroxylation is 1. The molecule has 0 unspecified atom stereocenters. The van der Waals surface area contributed by atoms with Gasteiger partial charge in [0.1, 0.15) is 21.0 Å². The fourth-order valence-electron chi connectivity index (χ4n) is 2.19. The van der Waals surface area contributed by atoms with E-state index in [4.69, 9.17) is 25.8 Å². The molecule has 1 saturated heterocycles. The van der Waals surface area contributed by atoms with Crippen molar-refractivity contribution >= 4 is 34.2 Å². The fraction of sp³-hybridized carbons (Fsp3) is 0.500. The van der Waals surface area contributed by atoms with E-state index in [2.05, 4.69) is 37.9 Å². The summed E-state index contributed by atoms with van der Waals surface area (Å²) in [6.07, 6.45) is -3.46. The Morgan fingerprint density at radius 3 is 2.73 bits per heavy atom. The molecule has 1 aliphatic heterocycles. The zero-order valence-electron chi connectivity index (χ0n) is 13.2. The van der Waals surface area contributed by atoms with Crippen LogP contribution in [0.5, 0.6) is 5.88 Å². The molecule has 2 aromatic rings. The van der Waals surface area contributed by atoms with Crippen molar-refractivity contribution in [3.05, 3.63) is 32.2 Å². The van der Waals surface area contributed by atoms with Gasteiger partial charge in [0, 0.05) is 19.2 Å². The molecule has 0 bridgehead atoms. The van der Waals surface area contributed by atoms with Crippen molar-refractivity contribution in [1.82, 2.24) is 20.0 Å². The number of alkyl halides is 3. The van der Waals surface area contributed by atoms with Gasteiger partial charge < -0.3 is 14.2 Å². The maximum absolute atomic E-state index is 12.6. The molecule has 0 N–H and O–H groups in total. The van der Waals surface area contributed by atoms with E-state index in [0.29, 0.717) is 38.1 Å². The second kappa shape index (κ2) is 8.23. The van der Waals surface area contributed by atoms with E-state index >= 15 is 0 Å². The van der Waals surface area contributed by atoms with Gasteiger partial charge in [0.15, 0.2) is 6.29 Å². The Labute approximate surface area is 164 Å². The lowest BCUT2D eigenvalue weighted by molar-refractivity contribution is -0.137. The summed E-state index contributed by atoms with van der Waals surface area (Å²) in [6, 6.07) is 0.771. The van der Waals surface area contributed by atoms with Crippen LogP contribution in [0.3, 0.4) is 0 Å². The predicted molar refractivity (Wildman–Crippen MR) is 91.6 cm³/mol. The highest BCUT2D eigenvalue weighted by Gasteiger charge is 2.31. The lowest BCUT2D eigenvalue weighted by Gasteiger charge is -2.10. The van der Waals surface area contributed by atoms with Crippen LogP contribution in [0.25, 0.3) is 0 Å². The fourth-order valence-corrected chi connectivity index (χ4v) is 3.02. The zero-order chi connectivity index (χ0) is 18.7. The lowest BCUT2D eigenvalue weighted by Crippen LogP contribution is -2.13.